The van der Waals surface area contributed by atoms with Gasteiger partial charge < -0.3 is 9.32 Å². The predicted molar refractivity (Wildman–Crippen MR) is 183 cm³/mol. The van der Waals surface area contributed by atoms with E-state index in [0.29, 0.717) is 71.6 Å². The van der Waals surface area contributed by atoms with Crippen LogP contribution in [0, 0.1) is 0 Å². The van der Waals surface area contributed by atoms with Crippen LogP contribution in [0.25, 0.3) is 33.4 Å². The molecule has 1 heterocycles. The van der Waals surface area contributed by atoms with Crippen molar-refractivity contribution in [3.63, 3.8) is 0 Å². The van der Waals surface area contributed by atoms with E-state index >= 15 is 0 Å². The van der Waals surface area contributed by atoms with Crippen LogP contribution in [0.3, 0.4) is 0 Å². The number of benzene rings is 3. The van der Waals surface area contributed by atoms with E-state index in [-0.39, 0.29) is 18.0 Å². The third-order valence-electron chi connectivity index (χ3n) is 7.35. The van der Waals surface area contributed by atoms with Crippen molar-refractivity contribution in [2.75, 3.05) is 56.7 Å². The van der Waals surface area contributed by atoms with E-state index in [1.165, 1.54) is 18.2 Å². The summed E-state index contributed by atoms with van der Waals surface area (Å²) in [5.41, 5.74) is 2.89. The number of likely N-dealkylation sites (N-methyl/N-ethyl adjacent to an activating group) is 2. The fourth-order valence-electron chi connectivity index (χ4n) is 5.21. The Kier molecular flexibility index (Phi) is 12.3. The molecule has 2 aromatic carbocycles. The molecule has 0 bridgehead atoms. The summed E-state index contributed by atoms with van der Waals surface area (Å²) >= 11 is 0.528. The van der Waals surface area contributed by atoms with Crippen molar-refractivity contribution in [2.24, 2.45) is 0 Å². The molecule has 0 aromatic heterocycles. The molecule has 262 valence electrons. The smallest absolute Gasteiger partial charge is 0.294 e. The van der Waals surface area contributed by atoms with Crippen LogP contribution in [-0.2, 0) is 39.5 Å². The summed E-state index contributed by atoms with van der Waals surface area (Å²) < 4.78 is 98.3. The molecule has 0 radical (unpaired) electrons. The average Bonchev–Trinajstić information content (AvgIpc) is 3.01. The Hall–Kier alpha value is -3.11. The highest BCUT2D eigenvalue weighted by atomic mass is 32.2. The van der Waals surface area contributed by atoms with Gasteiger partial charge in [-0.1, -0.05) is 11.1 Å². The van der Waals surface area contributed by atoms with Gasteiger partial charge in [-0.25, -0.2) is 36.1 Å². The van der Waals surface area contributed by atoms with Crippen molar-refractivity contribution >= 4 is 58.9 Å². The predicted octanol–water partition coefficient (Wildman–Crippen LogP) is 2.60. The lowest BCUT2D eigenvalue weighted by atomic mass is 9.93. The van der Waals surface area contributed by atoms with E-state index in [4.69, 9.17) is 9.67 Å². The quantitative estimate of drug-likeness (QED) is 0.0326. The lowest BCUT2D eigenvalue weighted by molar-refractivity contribution is -0.432. The second-order valence-corrected chi connectivity index (χ2v) is 16.5. The molecule has 19 heteroatoms. The molecule has 48 heavy (non-hydrogen) atoms. The first-order chi connectivity index (χ1) is 22.5. The fourth-order valence-corrected chi connectivity index (χ4v) is 7.26. The highest BCUT2D eigenvalue weighted by Gasteiger charge is 2.24. The maximum Gasteiger partial charge on any atom is 0.294 e. The lowest BCUT2D eigenvalue weighted by Crippen LogP contribution is -2.37. The Morgan fingerprint density at radius 2 is 1.58 bits per heavy atom. The standard InChI is InChI=1S/C29H36N4O11S4/c1-5-32(15-13-30-46(3,35)36)20-7-10-23-26(17-20)42-27-18-21(33(6-2)16-14-31-47(4,37)38)8-11-24(27)29(23)25-12-9-22(48(39,40)41)19-28(25)45-44-43-34/h7-12,17-19,30-31H,5-6,13-16H2,1-4H3,(H-,34,39,40,41)/p+1. The van der Waals surface area contributed by atoms with Crippen molar-refractivity contribution in [3.8, 4) is 22.5 Å². The summed E-state index contributed by atoms with van der Waals surface area (Å²) in [7, 11) is -11.3. The Labute approximate surface area is 283 Å². The average molecular weight is 746 g/mol. The van der Waals surface area contributed by atoms with Gasteiger partial charge in [-0.05, 0) is 49.7 Å². The fraction of sp³-hybridized carbons (Fsp3) is 0.345. The van der Waals surface area contributed by atoms with Gasteiger partial charge in [0, 0.05) is 58.9 Å². The van der Waals surface area contributed by atoms with Crippen molar-refractivity contribution in [3.05, 3.63) is 60.0 Å². The molecular weight excluding hydrogens is 709 g/mol. The van der Waals surface area contributed by atoms with E-state index in [1.54, 1.807) is 0 Å². The molecule has 0 saturated heterocycles. The van der Waals surface area contributed by atoms with E-state index < -0.39 is 35.1 Å². The second-order valence-electron chi connectivity index (χ2n) is 10.7. The van der Waals surface area contributed by atoms with Crippen LogP contribution in [0.2, 0.25) is 0 Å². The van der Waals surface area contributed by atoms with Crippen molar-refractivity contribution in [1.29, 1.82) is 0 Å². The number of hydrogen-bond acceptors (Lipinski definition) is 12. The Balaban J connectivity index is 1.98. The SMILES string of the molecule is CCN(CCNS(C)(=O)=O)c1ccc2c(-c3ccc(S(=O)(=O)O)cc3SOOO)c3ccc(=[N+](CC)CCNS(C)(=O)=O)cc-3oc2c1. The molecule has 4 rings (SSSR count). The van der Waals surface area contributed by atoms with E-state index in [2.05, 4.69) is 18.8 Å². The molecule has 15 nitrogen and oxygen atoms in total. The zero-order valence-corrected chi connectivity index (χ0v) is 29.8. The largest absolute Gasteiger partial charge is 0.456 e. The number of rotatable bonds is 16. The first kappa shape index (κ1) is 37.7. The van der Waals surface area contributed by atoms with Crippen LogP contribution in [0.1, 0.15) is 13.8 Å². The highest BCUT2D eigenvalue weighted by molar-refractivity contribution is 7.94. The molecule has 4 N–H and O–H groups in total. The van der Waals surface area contributed by atoms with Gasteiger partial charge in [0.15, 0.2) is 6.54 Å². The third-order valence-corrected chi connectivity index (χ3v) is 10.3. The number of sulfonamides is 2. The third kappa shape index (κ3) is 9.74. The number of hydrogen-bond donors (Lipinski definition) is 4. The molecule has 1 aliphatic carbocycles. The first-order valence-corrected chi connectivity index (χ1v) is 20.5. The van der Waals surface area contributed by atoms with Crippen molar-refractivity contribution in [2.45, 2.75) is 23.6 Å². The lowest BCUT2D eigenvalue weighted by Gasteiger charge is -2.24. The number of nitrogens with one attached hydrogen (secondary N) is 2. The zero-order chi connectivity index (χ0) is 35.3. The van der Waals surface area contributed by atoms with Crippen LogP contribution >= 0.6 is 12.0 Å². The first-order valence-electron chi connectivity index (χ1n) is 14.5. The van der Waals surface area contributed by atoms with Gasteiger partial charge in [-0.2, -0.15) is 8.42 Å². The Bertz CT molecular complexity index is 2150. The second kappa shape index (κ2) is 15.6. The minimum Gasteiger partial charge on any atom is -0.456 e. The van der Waals surface area contributed by atoms with Gasteiger partial charge in [0.2, 0.25) is 25.4 Å². The van der Waals surface area contributed by atoms with Gasteiger partial charge in [0.05, 0.1) is 42.1 Å². The summed E-state index contributed by atoms with van der Waals surface area (Å²) in [5, 5.41) is 14.0. The highest BCUT2D eigenvalue weighted by Crippen LogP contribution is 2.44. The summed E-state index contributed by atoms with van der Waals surface area (Å²) in [5.74, 6) is 0.442. The van der Waals surface area contributed by atoms with Crippen LogP contribution < -0.4 is 24.3 Å². The maximum absolute atomic E-state index is 12.0. The minimum atomic E-state index is -4.59. The van der Waals surface area contributed by atoms with Crippen molar-refractivity contribution < 1.29 is 48.9 Å². The van der Waals surface area contributed by atoms with E-state index in [0.717, 1.165) is 23.6 Å². The molecule has 0 fully saturated rings. The van der Waals surface area contributed by atoms with E-state index in [1.807, 2.05) is 59.7 Å². The van der Waals surface area contributed by atoms with Crippen molar-refractivity contribution in [1.82, 2.24) is 14.0 Å². The van der Waals surface area contributed by atoms with Crippen LogP contribution in [0.5, 0.6) is 0 Å². The normalized spacial score (nSPS) is 13.3. The summed E-state index contributed by atoms with van der Waals surface area (Å²) in [6.07, 6.45) is 2.18. The van der Waals surface area contributed by atoms with E-state index in [9.17, 15) is 29.8 Å². The minimum absolute atomic E-state index is 0.183. The maximum atomic E-state index is 12.0. The molecule has 0 saturated carbocycles. The zero-order valence-electron chi connectivity index (χ0n) is 26.5. The van der Waals surface area contributed by atoms with Crippen LogP contribution in [0.15, 0.2) is 68.8 Å². The topological polar surface area (TPSA) is 205 Å². The van der Waals surface area contributed by atoms with Crippen LogP contribution in [0.4, 0.5) is 5.69 Å². The molecule has 0 spiro atoms. The number of nitrogens with zero attached hydrogens (tertiary/aromatic N) is 2. The van der Waals surface area contributed by atoms with Gasteiger partial charge in [-0.3, -0.25) is 4.55 Å². The van der Waals surface area contributed by atoms with Gasteiger partial charge in [0.25, 0.3) is 10.1 Å². The number of fused-ring (bicyclic) bond motifs is 2. The summed E-state index contributed by atoms with van der Waals surface area (Å²) in [6.45, 7) is 6.11. The molecule has 2 aromatic rings. The monoisotopic (exact) mass is 745 g/mol. The molecule has 0 atom stereocenters. The molecule has 2 aliphatic rings. The molecule has 1 aliphatic heterocycles. The van der Waals surface area contributed by atoms with Gasteiger partial charge in [0.1, 0.15) is 17.9 Å². The molecular formula is C29H37N4O11S4+. The Morgan fingerprint density at radius 3 is 2.21 bits per heavy atom. The van der Waals surface area contributed by atoms with Gasteiger partial charge in [-0.15, -0.1) is 4.33 Å². The summed E-state index contributed by atoms with van der Waals surface area (Å²) in [6, 6.07) is 14.9. The Morgan fingerprint density at radius 1 is 0.896 bits per heavy atom. The van der Waals surface area contributed by atoms with Crippen LogP contribution in [-0.4, -0.2) is 86.8 Å². The summed E-state index contributed by atoms with van der Waals surface area (Å²) in [4.78, 5) is 1.75. The molecule has 0 unspecified atom stereocenters. The van der Waals surface area contributed by atoms with Gasteiger partial charge >= 0.3 is 0 Å². The molecule has 0 amide bonds. The number of anilines is 1.